The average Bonchev–Trinajstić information content (AvgIpc) is 3.46. The molecule has 0 spiro atoms. The van der Waals surface area contributed by atoms with Crippen molar-refractivity contribution in [2.24, 2.45) is 7.05 Å². The molecule has 4 aromatic rings. The molecule has 0 aliphatic rings. The van der Waals surface area contributed by atoms with Gasteiger partial charge in [-0.2, -0.15) is 5.10 Å². The third-order valence-corrected chi connectivity index (χ3v) is 6.13. The molecule has 2 aromatic heterocycles. The van der Waals surface area contributed by atoms with Gasteiger partial charge >= 0.3 is 5.97 Å². The molecule has 1 amide bonds. The summed E-state index contributed by atoms with van der Waals surface area (Å²) in [7, 11) is 1.88. The van der Waals surface area contributed by atoms with Crippen LogP contribution in [0.1, 0.15) is 24.2 Å². The van der Waals surface area contributed by atoms with E-state index in [0.717, 1.165) is 16.8 Å². The van der Waals surface area contributed by atoms with Gasteiger partial charge in [-0.1, -0.05) is 42.1 Å². The minimum atomic E-state index is -0.389. The number of carbonyl (C=O) groups is 2. The monoisotopic (exact) mass is 490 g/mol. The first-order valence-electron chi connectivity index (χ1n) is 11.2. The summed E-state index contributed by atoms with van der Waals surface area (Å²) < 4.78 is 8.72. The van der Waals surface area contributed by atoms with E-state index < -0.39 is 0 Å². The summed E-state index contributed by atoms with van der Waals surface area (Å²) in [5, 5.41) is 16.9. The zero-order valence-corrected chi connectivity index (χ0v) is 20.6. The molecular formula is C25H26N6O3S. The number of nitrogens with zero attached hydrogens (tertiary/aromatic N) is 5. The number of ether oxygens (including phenoxy) is 1. The molecule has 0 saturated heterocycles. The van der Waals surface area contributed by atoms with E-state index in [4.69, 9.17) is 4.74 Å². The molecule has 0 saturated carbocycles. The third kappa shape index (κ3) is 5.60. The molecule has 1 N–H and O–H groups in total. The number of anilines is 1. The minimum absolute atomic E-state index is 0.163. The van der Waals surface area contributed by atoms with Crippen molar-refractivity contribution < 1.29 is 14.3 Å². The van der Waals surface area contributed by atoms with Crippen LogP contribution in [-0.2, 0) is 23.1 Å². The van der Waals surface area contributed by atoms with Crippen molar-refractivity contribution in [3.63, 3.8) is 0 Å². The number of aromatic nitrogens is 5. The van der Waals surface area contributed by atoms with E-state index in [1.54, 1.807) is 35.9 Å². The average molecular weight is 491 g/mol. The Morgan fingerprint density at radius 3 is 2.46 bits per heavy atom. The van der Waals surface area contributed by atoms with E-state index in [2.05, 4.69) is 20.6 Å². The molecule has 9 nitrogen and oxygen atoms in total. The highest BCUT2D eigenvalue weighted by atomic mass is 32.2. The predicted molar refractivity (Wildman–Crippen MR) is 135 cm³/mol. The lowest BCUT2D eigenvalue weighted by atomic mass is 10.1. The van der Waals surface area contributed by atoms with Gasteiger partial charge in [0.05, 0.1) is 23.5 Å². The predicted octanol–water partition coefficient (Wildman–Crippen LogP) is 4.27. The SMILES string of the molecule is CCOC(=O)c1ccc(NC(=O)CSc2nnc(-c3cn(C)nc3-c3ccccc3)n2CC)cc1. The van der Waals surface area contributed by atoms with Gasteiger partial charge in [-0.15, -0.1) is 10.2 Å². The van der Waals surface area contributed by atoms with E-state index in [1.165, 1.54) is 11.8 Å². The Morgan fingerprint density at radius 1 is 1.03 bits per heavy atom. The van der Waals surface area contributed by atoms with Crippen LogP contribution < -0.4 is 5.32 Å². The molecule has 0 fully saturated rings. The number of nitrogens with one attached hydrogen (secondary N) is 1. The summed E-state index contributed by atoms with van der Waals surface area (Å²) in [6.45, 7) is 4.73. The molecule has 0 bridgehead atoms. The lowest BCUT2D eigenvalue weighted by Gasteiger charge is -2.08. The highest BCUT2D eigenvalue weighted by Crippen LogP contribution is 2.31. The molecule has 180 valence electrons. The number of carbonyl (C=O) groups excluding carboxylic acids is 2. The molecule has 10 heteroatoms. The molecular weight excluding hydrogens is 464 g/mol. The van der Waals surface area contributed by atoms with Crippen molar-refractivity contribution in [3.8, 4) is 22.6 Å². The van der Waals surface area contributed by atoms with Gasteiger partial charge in [-0.25, -0.2) is 4.79 Å². The van der Waals surface area contributed by atoms with Crippen LogP contribution >= 0.6 is 11.8 Å². The van der Waals surface area contributed by atoms with Gasteiger partial charge in [0.1, 0.15) is 5.69 Å². The first kappa shape index (κ1) is 24.2. The van der Waals surface area contributed by atoms with E-state index in [1.807, 2.05) is 55.1 Å². The zero-order chi connectivity index (χ0) is 24.8. The number of esters is 1. The smallest absolute Gasteiger partial charge is 0.338 e. The van der Waals surface area contributed by atoms with Crippen molar-refractivity contribution in [1.82, 2.24) is 24.5 Å². The Bertz CT molecular complexity index is 1310. The molecule has 35 heavy (non-hydrogen) atoms. The van der Waals surface area contributed by atoms with Gasteiger partial charge in [0.25, 0.3) is 0 Å². The topological polar surface area (TPSA) is 104 Å². The van der Waals surface area contributed by atoms with Crippen molar-refractivity contribution in [3.05, 3.63) is 66.4 Å². The Hall–Kier alpha value is -3.92. The summed E-state index contributed by atoms with van der Waals surface area (Å²) in [4.78, 5) is 24.3. The second-order valence-corrected chi connectivity index (χ2v) is 8.56. The summed E-state index contributed by atoms with van der Waals surface area (Å²) in [5.41, 5.74) is 3.75. The van der Waals surface area contributed by atoms with E-state index in [-0.39, 0.29) is 17.6 Å². The number of hydrogen-bond donors (Lipinski definition) is 1. The van der Waals surface area contributed by atoms with Gasteiger partial charge in [0, 0.05) is 31.0 Å². The second kappa shape index (κ2) is 11.0. The van der Waals surface area contributed by atoms with Gasteiger partial charge < -0.3 is 14.6 Å². The third-order valence-electron chi connectivity index (χ3n) is 5.16. The van der Waals surface area contributed by atoms with Crippen LogP contribution in [0.15, 0.2) is 66.0 Å². The summed E-state index contributed by atoms with van der Waals surface area (Å²) in [5.74, 6) is 0.296. The molecule has 2 aromatic carbocycles. The van der Waals surface area contributed by atoms with Crippen molar-refractivity contribution in [1.29, 1.82) is 0 Å². The van der Waals surface area contributed by atoms with E-state index in [9.17, 15) is 9.59 Å². The summed E-state index contributed by atoms with van der Waals surface area (Å²) >= 11 is 1.31. The Labute approximate surface area is 207 Å². The number of hydrogen-bond acceptors (Lipinski definition) is 7. The van der Waals surface area contributed by atoms with Crippen LogP contribution in [0.25, 0.3) is 22.6 Å². The first-order chi connectivity index (χ1) is 17.0. The quantitative estimate of drug-likeness (QED) is 0.276. The first-order valence-corrected chi connectivity index (χ1v) is 12.2. The van der Waals surface area contributed by atoms with Crippen LogP contribution in [0.2, 0.25) is 0 Å². The lowest BCUT2D eigenvalue weighted by molar-refractivity contribution is -0.113. The number of amides is 1. The number of aryl methyl sites for hydroxylation is 1. The molecule has 0 aliphatic heterocycles. The maximum atomic E-state index is 12.5. The second-order valence-electron chi connectivity index (χ2n) is 7.62. The number of benzene rings is 2. The van der Waals surface area contributed by atoms with Crippen LogP contribution in [0.4, 0.5) is 5.69 Å². The maximum Gasteiger partial charge on any atom is 0.338 e. The van der Waals surface area contributed by atoms with E-state index >= 15 is 0 Å². The van der Waals surface area contributed by atoms with Crippen molar-refractivity contribution in [2.75, 3.05) is 17.7 Å². The lowest BCUT2D eigenvalue weighted by Crippen LogP contribution is -2.15. The van der Waals surface area contributed by atoms with E-state index in [0.29, 0.717) is 35.4 Å². The fraction of sp³-hybridized carbons (Fsp3) is 0.240. The standard InChI is InChI=1S/C25H26N6O3S/c1-4-31-23(20-15-30(3)29-22(20)17-9-7-6-8-10-17)27-28-25(31)35-16-21(32)26-19-13-11-18(12-14-19)24(33)34-5-2/h6-15H,4-5,16H2,1-3H3,(H,26,32). The summed E-state index contributed by atoms with van der Waals surface area (Å²) in [6, 6.07) is 16.5. The number of thioether (sulfide) groups is 1. The highest BCUT2D eigenvalue weighted by molar-refractivity contribution is 7.99. The maximum absolute atomic E-state index is 12.5. The van der Waals surface area contributed by atoms with Gasteiger partial charge in [0.2, 0.25) is 5.91 Å². The molecule has 0 atom stereocenters. The van der Waals surface area contributed by atoms with Gasteiger partial charge in [-0.05, 0) is 38.1 Å². The Kier molecular flexibility index (Phi) is 7.61. The molecule has 0 aliphatic carbocycles. The van der Waals surface area contributed by atoms with Gasteiger partial charge in [-0.3, -0.25) is 9.48 Å². The summed E-state index contributed by atoms with van der Waals surface area (Å²) in [6.07, 6.45) is 1.93. The van der Waals surface area contributed by atoms with Crippen molar-refractivity contribution in [2.45, 2.75) is 25.5 Å². The van der Waals surface area contributed by atoms with Crippen LogP contribution in [0.5, 0.6) is 0 Å². The van der Waals surface area contributed by atoms with Crippen LogP contribution in [-0.4, -0.2) is 48.8 Å². The Morgan fingerprint density at radius 2 is 1.77 bits per heavy atom. The fourth-order valence-corrected chi connectivity index (χ4v) is 4.37. The molecule has 0 unspecified atom stereocenters. The van der Waals surface area contributed by atoms with Crippen LogP contribution in [0.3, 0.4) is 0 Å². The van der Waals surface area contributed by atoms with Crippen molar-refractivity contribution >= 4 is 29.3 Å². The molecule has 0 radical (unpaired) electrons. The number of rotatable bonds is 9. The molecule has 4 rings (SSSR count). The minimum Gasteiger partial charge on any atom is -0.462 e. The Balaban J connectivity index is 1.45. The fourth-order valence-electron chi connectivity index (χ4n) is 3.57. The van der Waals surface area contributed by atoms with Crippen LogP contribution in [0, 0.1) is 0 Å². The largest absolute Gasteiger partial charge is 0.462 e. The zero-order valence-electron chi connectivity index (χ0n) is 19.8. The highest BCUT2D eigenvalue weighted by Gasteiger charge is 2.20. The molecule has 2 heterocycles. The van der Waals surface area contributed by atoms with Gasteiger partial charge in [0.15, 0.2) is 11.0 Å². The normalized spacial score (nSPS) is 10.8.